The van der Waals surface area contributed by atoms with Crippen molar-refractivity contribution in [2.45, 2.75) is 33.3 Å². The molecule has 0 heterocycles. The van der Waals surface area contributed by atoms with E-state index >= 15 is 0 Å². The molecule has 0 radical (unpaired) electrons. The molecule has 1 atom stereocenters. The summed E-state index contributed by atoms with van der Waals surface area (Å²) in [6.45, 7) is 5.81. The lowest BCUT2D eigenvalue weighted by molar-refractivity contribution is 0.0894. The zero-order valence-corrected chi connectivity index (χ0v) is 10.8. The van der Waals surface area contributed by atoms with E-state index in [4.69, 9.17) is 22.1 Å². The van der Waals surface area contributed by atoms with Gasteiger partial charge in [-0.15, -0.1) is 0 Å². The van der Waals surface area contributed by atoms with Crippen molar-refractivity contribution in [2.75, 3.05) is 12.3 Å². The van der Waals surface area contributed by atoms with Gasteiger partial charge >= 0.3 is 0 Å². The van der Waals surface area contributed by atoms with Crippen molar-refractivity contribution in [3.8, 4) is 0 Å². The Hall–Kier alpha value is -0.730. The van der Waals surface area contributed by atoms with Crippen LogP contribution in [0.4, 0.5) is 5.69 Å². The molecule has 0 aliphatic carbocycles. The Bertz CT molecular complexity index is 328. The second kappa shape index (κ2) is 6.77. The second-order valence-electron chi connectivity index (χ2n) is 4.26. The molecule has 0 aliphatic heterocycles. The minimum absolute atomic E-state index is 0.600. The van der Waals surface area contributed by atoms with Crippen LogP contribution in [0.25, 0.3) is 0 Å². The molecule has 0 bridgehead atoms. The topological polar surface area (TPSA) is 35.2 Å². The molecule has 0 aromatic heterocycles. The van der Waals surface area contributed by atoms with E-state index in [0.29, 0.717) is 23.2 Å². The van der Waals surface area contributed by atoms with Gasteiger partial charge in [0.05, 0.1) is 17.3 Å². The first-order valence-electron chi connectivity index (χ1n) is 5.75. The van der Waals surface area contributed by atoms with Crippen LogP contribution in [0.15, 0.2) is 18.2 Å². The molecule has 0 amide bonds. The average Bonchev–Trinajstić information content (AvgIpc) is 2.24. The normalized spacial score (nSPS) is 12.7. The SMILES string of the molecule is CCCC(C)COCc1ccc(Cl)c(N)c1. The number of nitrogen functional groups attached to an aromatic ring is 1. The van der Waals surface area contributed by atoms with E-state index in [1.54, 1.807) is 0 Å². The quantitative estimate of drug-likeness (QED) is 0.768. The number of rotatable bonds is 6. The van der Waals surface area contributed by atoms with E-state index < -0.39 is 0 Å². The summed E-state index contributed by atoms with van der Waals surface area (Å²) in [6, 6.07) is 5.63. The summed E-state index contributed by atoms with van der Waals surface area (Å²) in [4.78, 5) is 0. The Morgan fingerprint density at radius 1 is 1.44 bits per heavy atom. The third-order valence-electron chi connectivity index (χ3n) is 2.51. The summed E-state index contributed by atoms with van der Waals surface area (Å²) >= 11 is 5.84. The van der Waals surface area contributed by atoms with Crippen molar-refractivity contribution in [1.29, 1.82) is 0 Å². The molecule has 1 unspecified atom stereocenters. The lowest BCUT2D eigenvalue weighted by Gasteiger charge is -2.11. The third-order valence-corrected chi connectivity index (χ3v) is 2.86. The lowest BCUT2D eigenvalue weighted by Crippen LogP contribution is -2.05. The molecule has 0 fully saturated rings. The standard InChI is InChI=1S/C13H20ClNO/c1-3-4-10(2)8-16-9-11-5-6-12(14)13(15)7-11/h5-7,10H,3-4,8-9,15H2,1-2H3. The van der Waals surface area contributed by atoms with Crippen LogP contribution in [0, 0.1) is 5.92 Å². The van der Waals surface area contributed by atoms with E-state index in [2.05, 4.69) is 13.8 Å². The number of hydrogen-bond acceptors (Lipinski definition) is 2. The highest BCUT2D eigenvalue weighted by atomic mass is 35.5. The van der Waals surface area contributed by atoms with E-state index in [-0.39, 0.29) is 0 Å². The van der Waals surface area contributed by atoms with Gasteiger partial charge in [0.25, 0.3) is 0 Å². The minimum atomic E-state index is 0.600. The fourth-order valence-corrected chi connectivity index (χ4v) is 1.75. The Morgan fingerprint density at radius 3 is 2.81 bits per heavy atom. The number of nitrogens with two attached hydrogens (primary N) is 1. The number of anilines is 1. The maximum atomic E-state index is 5.84. The molecule has 3 heteroatoms. The van der Waals surface area contributed by atoms with E-state index in [9.17, 15) is 0 Å². The fraction of sp³-hybridized carbons (Fsp3) is 0.538. The van der Waals surface area contributed by atoms with Gasteiger partial charge in [0.1, 0.15) is 0 Å². The number of halogens is 1. The Morgan fingerprint density at radius 2 is 2.19 bits per heavy atom. The van der Waals surface area contributed by atoms with Crippen molar-refractivity contribution in [1.82, 2.24) is 0 Å². The Kier molecular flexibility index (Phi) is 5.64. The molecule has 90 valence electrons. The maximum absolute atomic E-state index is 5.84. The van der Waals surface area contributed by atoms with Crippen molar-refractivity contribution >= 4 is 17.3 Å². The molecule has 16 heavy (non-hydrogen) atoms. The molecule has 2 nitrogen and oxygen atoms in total. The third kappa shape index (κ3) is 4.42. The molecule has 2 N–H and O–H groups in total. The molecule has 0 spiro atoms. The van der Waals surface area contributed by atoms with Crippen molar-refractivity contribution in [2.24, 2.45) is 5.92 Å². The number of benzene rings is 1. The fourth-order valence-electron chi connectivity index (χ4n) is 1.64. The Balaban J connectivity index is 2.34. The van der Waals surface area contributed by atoms with Gasteiger partial charge in [0.15, 0.2) is 0 Å². The molecule has 1 rings (SSSR count). The van der Waals surface area contributed by atoms with Gasteiger partial charge in [-0.3, -0.25) is 0 Å². The van der Waals surface area contributed by atoms with Gasteiger partial charge in [-0.05, 0) is 30.0 Å². The van der Waals surface area contributed by atoms with Gasteiger partial charge in [0.2, 0.25) is 0 Å². The van der Waals surface area contributed by atoms with E-state index in [1.807, 2.05) is 18.2 Å². The summed E-state index contributed by atoms with van der Waals surface area (Å²) in [5.41, 5.74) is 7.40. The summed E-state index contributed by atoms with van der Waals surface area (Å²) < 4.78 is 5.63. The van der Waals surface area contributed by atoms with Crippen molar-refractivity contribution in [3.63, 3.8) is 0 Å². The first-order valence-corrected chi connectivity index (χ1v) is 6.13. The predicted octanol–water partition coefficient (Wildman–Crippen LogP) is 3.88. The molecular formula is C13H20ClNO. The minimum Gasteiger partial charge on any atom is -0.398 e. The highest BCUT2D eigenvalue weighted by Gasteiger charge is 2.02. The maximum Gasteiger partial charge on any atom is 0.0717 e. The number of ether oxygens (including phenoxy) is 1. The van der Waals surface area contributed by atoms with Gasteiger partial charge < -0.3 is 10.5 Å². The molecule has 0 saturated heterocycles. The van der Waals surface area contributed by atoms with Gasteiger partial charge in [-0.2, -0.15) is 0 Å². The lowest BCUT2D eigenvalue weighted by atomic mass is 10.1. The highest BCUT2D eigenvalue weighted by molar-refractivity contribution is 6.33. The first-order chi connectivity index (χ1) is 7.63. The molecule has 1 aromatic carbocycles. The Labute approximate surface area is 103 Å². The summed E-state index contributed by atoms with van der Waals surface area (Å²) in [6.07, 6.45) is 2.42. The molecule has 0 aliphatic rings. The second-order valence-corrected chi connectivity index (χ2v) is 4.67. The van der Waals surface area contributed by atoms with E-state index in [0.717, 1.165) is 12.2 Å². The summed E-state index contributed by atoms with van der Waals surface area (Å²) in [7, 11) is 0. The van der Waals surface area contributed by atoms with Crippen molar-refractivity contribution < 1.29 is 4.74 Å². The molecular weight excluding hydrogens is 222 g/mol. The van der Waals surface area contributed by atoms with Crippen LogP contribution >= 0.6 is 11.6 Å². The first kappa shape index (κ1) is 13.3. The largest absolute Gasteiger partial charge is 0.398 e. The van der Waals surface area contributed by atoms with Crippen LogP contribution in [0.2, 0.25) is 5.02 Å². The zero-order valence-electron chi connectivity index (χ0n) is 10.0. The van der Waals surface area contributed by atoms with Gasteiger partial charge in [0, 0.05) is 6.61 Å². The van der Waals surface area contributed by atoms with Crippen LogP contribution in [0.3, 0.4) is 0 Å². The van der Waals surface area contributed by atoms with Crippen LogP contribution in [-0.4, -0.2) is 6.61 Å². The molecule has 0 saturated carbocycles. The highest BCUT2D eigenvalue weighted by Crippen LogP contribution is 2.20. The van der Waals surface area contributed by atoms with Crippen LogP contribution in [0.5, 0.6) is 0 Å². The van der Waals surface area contributed by atoms with Crippen LogP contribution < -0.4 is 5.73 Å². The predicted molar refractivity (Wildman–Crippen MR) is 69.6 cm³/mol. The zero-order chi connectivity index (χ0) is 12.0. The monoisotopic (exact) mass is 241 g/mol. The van der Waals surface area contributed by atoms with E-state index in [1.165, 1.54) is 12.8 Å². The van der Waals surface area contributed by atoms with Crippen LogP contribution in [0.1, 0.15) is 32.3 Å². The van der Waals surface area contributed by atoms with Crippen molar-refractivity contribution in [3.05, 3.63) is 28.8 Å². The number of hydrogen-bond donors (Lipinski definition) is 1. The average molecular weight is 242 g/mol. The summed E-state index contributed by atoms with van der Waals surface area (Å²) in [5.74, 6) is 0.620. The van der Waals surface area contributed by atoms with Gasteiger partial charge in [-0.25, -0.2) is 0 Å². The summed E-state index contributed by atoms with van der Waals surface area (Å²) in [5, 5.41) is 0.600. The molecule has 1 aromatic rings. The van der Waals surface area contributed by atoms with Gasteiger partial charge in [-0.1, -0.05) is 37.9 Å². The smallest absolute Gasteiger partial charge is 0.0717 e. The van der Waals surface area contributed by atoms with Crippen LogP contribution in [-0.2, 0) is 11.3 Å².